The van der Waals surface area contributed by atoms with Crippen molar-refractivity contribution in [3.05, 3.63) is 28.2 Å². The average molecular weight is 433 g/mol. The van der Waals surface area contributed by atoms with Crippen molar-refractivity contribution in [2.24, 2.45) is 0 Å². The number of hydrogen-bond donors (Lipinski definition) is 0. The van der Waals surface area contributed by atoms with E-state index >= 15 is 0 Å². The van der Waals surface area contributed by atoms with Crippen LogP contribution >= 0.6 is 11.8 Å². The highest BCUT2D eigenvalue weighted by atomic mass is 32.2. The molecule has 1 aromatic carbocycles. The van der Waals surface area contributed by atoms with Crippen molar-refractivity contribution in [3.8, 4) is 5.75 Å². The van der Waals surface area contributed by atoms with Crippen LogP contribution in [-0.4, -0.2) is 54.9 Å². The van der Waals surface area contributed by atoms with Gasteiger partial charge in [0, 0.05) is 29.4 Å². The second-order valence-corrected chi connectivity index (χ2v) is 9.15. The average Bonchev–Trinajstić information content (AvgIpc) is 2.94. The molecule has 2 heterocycles. The van der Waals surface area contributed by atoms with Crippen molar-refractivity contribution in [3.63, 3.8) is 0 Å². The van der Waals surface area contributed by atoms with E-state index in [1.807, 2.05) is 12.1 Å². The summed E-state index contributed by atoms with van der Waals surface area (Å²) >= 11 is 0.816. The third-order valence-electron chi connectivity index (χ3n) is 5.73. The molecule has 0 radical (unpaired) electrons. The fourth-order valence-electron chi connectivity index (χ4n) is 4.39. The van der Waals surface area contributed by atoms with Crippen molar-refractivity contribution in [2.75, 3.05) is 32.2 Å². The third-order valence-corrected chi connectivity index (χ3v) is 6.64. The molecule has 1 aromatic rings. The first-order chi connectivity index (χ1) is 14.1. The summed E-state index contributed by atoms with van der Waals surface area (Å²) in [5.41, 5.74) is 3.10. The second kappa shape index (κ2) is 8.34. The lowest BCUT2D eigenvalue weighted by atomic mass is 9.79. The maximum absolute atomic E-state index is 12.7. The number of rotatable bonds is 5. The summed E-state index contributed by atoms with van der Waals surface area (Å²) in [5, 5.41) is -0.485. The van der Waals surface area contributed by atoms with E-state index in [1.165, 1.54) is 12.7 Å². The standard InChI is InChI=1S/C22H28N2O5S/c1-7-24-16-10-17(28-5)14(8-15(16)13(2)11-22(24,3)4)9-18-20(26)23(21(27)30-18)12-19(25)29-6/h8-10,13H,7,11-12H2,1-6H3/b18-9-. The number of anilines is 1. The summed E-state index contributed by atoms with van der Waals surface area (Å²) in [6, 6.07) is 4.06. The smallest absolute Gasteiger partial charge is 0.325 e. The lowest BCUT2D eigenvalue weighted by Gasteiger charge is -2.47. The van der Waals surface area contributed by atoms with Crippen molar-refractivity contribution in [2.45, 2.75) is 45.6 Å². The van der Waals surface area contributed by atoms with Gasteiger partial charge in [-0.05, 0) is 62.6 Å². The number of thioether (sulfide) groups is 1. The molecule has 1 saturated heterocycles. The van der Waals surface area contributed by atoms with E-state index in [0.717, 1.165) is 40.9 Å². The van der Waals surface area contributed by atoms with Gasteiger partial charge < -0.3 is 14.4 Å². The van der Waals surface area contributed by atoms with Gasteiger partial charge in [-0.25, -0.2) is 0 Å². The zero-order valence-corrected chi connectivity index (χ0v) is 19.1. The maximum Gasteiger partial charge on any atom is 0.325 e. The molecule has 2 amide bonds. The Morgan fingerprint density at radius 1 is 1.30 bits per heavy atom. The van der Waals surface area contributed by atoms with Gasteiger partial charge in [-0.3, -0.25) is 19.3 Å². The van der Waals surface area contributed by atoms with Gasteiger partial charge in [-0.15, -0.1) is 0 Å². The summed E-state index contributed by atoms with van der Waals surface area (Å²) in [7, 11) is 2.81. The van der Waals surface area contributed by atoms with Gasteiger partial charge in [-0.1, -0.05) is 6.92 Å². The van der Waals surface area contributed by atoms with E-state index in [1.54, 1.807) is 13.2 Å². The van der Waals surface area contributed by atoms with Crippen LogP contribution in [0.3, 0.4) is 0 Å². The minimum atomic E-state index is -0.638. The molecule has 1 unspecified atom stereocenters. The summed E-state index contributed by atoms with van der Waals surface area (Å²) in [4.78, 5) is 39.9. The first-order valence-electron chi connectivity index (χ1n) is 9.94. The molecule has 0 spiro atoms. The Balaban J connectivity index is 2.02. The minimum Gasteiger partial charge on any atom is -0.496 e. The van der Waals surface area contributed by atoms with E-state index in [9.17, 15) is 14.4 Å². The van der Waals surface area contributed by atoms with Crippen molar-refractivity contribution in [1.29, 1.82) is 0 Å². The van der Waals surface area contributed by atoms with E-state index < -0.39 is 23.7 Å². The van der Waals surface area contributed by atoms with Gasteiger partial charge >= 0.3 is 5.97 Å². The molecule has 30 heavy (non-hydrogen) atoms. The zero-order valence-electron chi connectivity index (χ0n) is 18.3. The number of esters is 1. The molecular formula is C22H28N2O5S. The predicted octanol–water partition coefficient (Wildman–Crippen LogP) is 4.02. The van der Waals surface area contributed by atoms with Crippen LogP contribution in [0.25, 0.3) is 6.08 Å². The number of imide groups is 1. The second-order valence-electron chi connectivity index (χ2n) is 8.16. The fraction of sp³-hybridized carbons (Fsp3) is 0.500. The molecule has 0 bridgehead atoms. The Labute approximate surface area is 181 Å². The third kappa shape index (κ3) is 3.93. The Morgan fingerprint density at radius 2 is 2.00 bits per heavy atom. The van der Waals surface area contributed by atoms with Crippen LogP contribution in [-0.2, 0) is 14.3 Å². The van der Waals surface area contributed by atoms with Crippen LogP contribution in [0.15, 0.2) is 17.0 Å². The van der Waals surface area contributed by atoms with Crippen molar-refractivity contribution in [1.82, 2.24) is 4.90 Å². The zero-order chi connectivity index (χ0) is 22.2. The maximum atomic E-state index is 12.7. The number of hydrogen-bond acceptors (Lipinski definition) is 7. The molecule has 1 fully saturated rings. The van der Waals surface area contributed by atoms with E-state index in [0.29, 0.717) is 11.7 Å². The van der Waals surface area contributed by atoms with Gasteiger partial charge in [0.1, 0.15) is 12.3 Å². The lowest BCUT2D eigenvalue weighted by Crippen LogP contribution is -2.48. The molecular weight excluding hydrogens is 404 g/mol. The molecule has 162 valence electrons. The van der Waals surface area contributed by atoms with E-state index in [-0.39, 0.29) is 10.4 Å². The molecule has 0 aromatic heterocycles. The Kier molecular flexibility index (Phi) is 6.17. The number of amides is 2. The van der Waals surface area contributed by atoms with Crippen molar-refractivity contribution < 1.29 is 23.9 Å². The number of nitrogens with zero attached hydrogens (tertiary/aromatic N) is 2. The highest BCUT2D eigenvalue weighted by Crippen LogP contribution is 2.46. The lowest BCUT2D eigenvalue weighted by molar-refractivity contribution is -0.143. The molecule has 8 heteroatoms. The molecule has 0 saturated carbocycles. The van der Waals surface area contributed by atoms with Crippen LogP contribution in [0.5, 0.6) is 5.75 Å². The molecule has 3 rings (SSSR count). The fourth-order valence-corrected chi connectivity index (χ4v) is 5.22. The number of carbonyl (C=O) groups is 3. The number of ether oxygens (including phenoxy) is 2. The van der Waals surface area contributed by atoms with Gasteiger partial charge in [0.2, 0.25) is 0 Å². The summed E-state index contributed by atoms with van der Waals surface area (Å²) in [6.07, 6.45) is 2.68. The number of carbonyl (C=O) groups excluding carboxylic acids is 3. The molecule has 2 aliphatic rings. The summed E-state index contributed by atoms with van der Waals surface area (Å²) in [6.45, 7) is 9.31. The van der Waals surface area contributed by atoms with Gasteiger partial charge in [0.25, 0.3) is 11.1 Å². The van der Waals surface area contributed by atoms with Gasteiger partial charge in [0.15, 0.2) is 0 Å². The molecule has 2 aliphatic heterocycles. The number of benzene rings is 1. The van der Waals surface area contributed by atoms with E-state index in [4.69, 9.17) is 4.74 Å². The van der Waals surface area contributed by atoms with Crippen LogP contribution in [0, 0.1) is 0 Å². The molecule has 0 aliphatic carbocycles. The van der Waals surface area contributed by atoms with Gasteiger partial charge in [0.05, 0.1) is 19.1 Å². The highest BCUT2D eigenvalue weighted by Gasteiger charge is 2.38. The largest absolute Gasteiger partial charge is 0.496 e. The molecule has 0 N–H and O–H groups in total. The first-order valence-corrected chi connectivity index (χ1v) is 10.8. The van der Waals surface area contributed by atoms with E-state index in [2.05, 4.69) is 37.3 Å². The van der Waals surface area contributed by atoms with Crippen LogP contribution in [0.4, 0.5) is 10.5 Å². The first kappa shape index (κ1) is 22.2. The Hall–Kier alpha value is -2.48. The predicted molar refractivity (Wildman–Crippen MR) is 118 cm³/mol. The van der Waals surface area contributed by atoms with Crippen LogP contribution in [0.2, 0.25) is 0 Å². The van der Waals surface area contributed by atoms with Gasteiger partial charge in [-0.2, -0.15) is 0 Å². The number of fused-ring (bicyclic) bond motifs is 1. The highest BCUT2D eigenvalue weighted by molar-refractivity contribution is 8.18. The SMILES string of the molecule is CCN1c2cc(OC)c(/C=C3\SC(=O)N(CC(=O)OC)C3=O)cc2C(C)CC1(C)C. The summed E-state index contributed by atoms with van der Waals surface area (Å²) < 4.78 is 10.2. The molecule has 7 nitrogen and oxygen atoms in total. The topological polar surface area (TPSA) is 76.2 Å². The Morgan fingerprint density at radius 3 is 2.60 bits per heavy atom. The number of methoxy groups -OCH3 is 2. The van der Waals surface area contributed by atoms with Crippen LogP contribution in [0.1, 0.15) is 51.2 Å². The van der Waals surface area contributed by atoms with Crippen molar-refractivity contribution >= 4 is 40.6 Å². The summed E-state index contributed by atoms with van der Waals surface area (Å²) in [5.74, 6) is -0.164. The van der Waals surface area contributed by atoms with Crippen LogP contribution < -0.4 is 9.64 Å². The Bertz CT molecular complexity index is 924. The molecule has 1 atom stereocenters. The normalized spacial score (nSPS) is 21.8. The monoisotopic (exact) mass is 432 g/mol. The minimum absolute atomic E-state index is 0.0320. The quantitative estimate of drug-likeness (QED) is 0.514.